The van der Waals surface area contributed by atoms with Crippen molar-refractivity contribution < 1.29 is 18.0 Å². The second-order valence-electron chi connectivity index (χ2n) is 5.02. The summed E-state index contributed by atoms with van der Waals surface area (Å²) in [5.41, 5.74) is 1.28. The van der Waals surface area contributed by atoms with Gasteiger partial charge in [-0.1, -0.05) is 35.8 Å². The summed E-state index contributed by atoms with van der Waals surface area (Å²) in [6.07, 6.45) is -4.84. The molecule has 0 unspecified atom stereocenters. The van der Waals surface area contributed by atoms with Gasteiger partial charge in [0, 0.05) is 16.4 Å². The van der Waals surface area contributed by atoms with E-state index in [0.29, 0.717) is 0 Å². The van der Waals surface area contributed by atoms with Crippen LogP contribution in [-0.2, 0) is 10.2 Å². The first-order chi connectivity index (χ1) is 8.54. The van der Waals surface area contributed by atoms with Crippen molar-refractivity contribution in [1.82, 2.24) is 5.32 Å². The summed E-state index contributed by atoms with van der Waals surface area (Å²) in [5, 5.41) is 1.93. The molecule has 2 nitrogen and oxygen atoms in total. The van der Waals surface area contributed by atoms with Gasteiger partial charge in [-0.15, -0.1) is 0 Å². The molecule has 0 aliphatic heterocycles. The SMILES string of the molecule is Cc1cc(Br)ccc1C(C)(C)CNC(=O)C(F)(F)F. The average molecular weight is 338 g/mol. The highest BCUT2D eigenvalue weighted by atomic mass is 79.9. The van der Waals surface area contributed by atoms with Gasteiger partial charge in [-0.05, 0) is 30.2 Å². The second kappa shape index (κ2) is 5.53. The van der Waals surface area contributed by atoms with Crippen LogP contribution in [0.2, 0.25) is 0 Å². The Labute approximate surface area is 118 Å². The van der Waals surface area contributed by atoms with Crippen molar-refractivity contribution >= 4 is 21.8 Å². The van der Waals surface area contributed by atoms with Gasteiger partial charge in [-0.25, -0.2) is 0 Å². The monoisotopic (exact) mass is 337 g/mol. The largest absolute Gasteiger partial charge is 0.471 e. The number of hydrogen-bond acceptors (Lipinski definition) is 1. The summed E-state index contributed by atoms with van der Waals surface area (Å²) in [6, 6.07) is 5.57. The molecular weight excluding hydrogens is 323 g/mol. The molecule has 0 aromatic heterocycles. The predicted octanol–water partition coefficient (Wildman–Crippen LogP) is 3.71. The van der Waals surface area contributed by atoms with Gasteiger partial charge < -0.3 is 5.32 Å². The van der Waals surface area contributed by atoms with Crippen molar-refractivity contribution in [3.63, 3.8) is 0 Å². The summed E-state index contributed by atoms with van der Waals surface area (Å²) in [5.74, 6) is -1.91. The van der Waals surface area contributed by atoms with Crippen LogP contribution in [0.1, 0.15) is 25.0 Å². The summed E-state index contributed by atoms with van der Waals surface area (Å²) in [6.45, 7) is 5.39. The molecule has 0 spiro atoms. The fourth-order valence-electron chi connectivity index (χ4n) is 1.88. The van der Waals surface area contributed by atoms with Gasteiger partial charge in [0.2, 0.25) is 0 Å². The molecule has 6 heteroatoms. The summed E-state index contributed by atoms with van der Waals surface area (Å²) >= 11 is 3.33. The van der Waals surface area contributed by atoms with E-state index in [2.05, 4.69) is 15.9 Å². The van der Waals surface area contributed by atoms with E-state index in [0.717, 1.165) is 15.6 Å². The van der Waals surface area contributed by atoms with Crippen molar-refractivity contribution in [2.24, 2.45) is 0 Å². The van der Waals surface area contributed by atoms with E-state index in [1.807, 2.05) is 30.4 Å². The van der Waals surface area contributed by atoms with Crippen molar-refractivity contribution in [3.8, 4) is 0 Å². The smallest absolute Gasteiger partial charge is 0.347 e. The molecule has 1 aromatic carbocycles. The number of halogens is 4. The van der Waals surface area contributed by atoms with E-state index >= 15 is 0 Å². The zero-order valence-corrected chi connectivity index (χ0v) is 12.4. The highest BCUT2D eigenvalue weighted by Crippen LogP contribution is 2.28. The van der Waals surface area contributed by atoms with Gasteiger partial charge in [0.1, 0.15) is 0 Å². The van der Waals surface area contributed by atoms with E-state index in [-0.39, 0.29) is 6.54 Å². The molecule has 0 heterocycles. The van der Waals surface area contributed by atoms with Gasteiger partial charge in [-0.2, -0.15) is 13.2 Å². The summed E-state index contributed by atoms with van der Waals surface area (Å²) in [4.78, 5) is 10.8. The Morgan fingerprint density at radius 3 is 2.37 bits per heavy atom. The number of rotatable bonds is 3. The quantitative estimate of drug-likeness (QED) is 0.894. The number of benzene rings is 1. The van der Waals surface area contributed by atoms with Crippen LogP contribution in [0.3, 0.4) is 0 Å². The van der Waals surface area contributed by atoms with E-state index < -0.39 is 17.5 Å². The lowest BCUT2D eigenvalue weighted by atomic mass is 9.82. The molecule has 0 aliphatic rings. The molecule has 0 aliphatic carbocycles. The Morgan fingerprint density at radius 1 is 1.32 bits per heavy atom. The molecule has 0 saturated carbocycles. The molecule has 1 N–H and O–H groups in total. The second-order valence-corrected chi connectivity index (χ2v) is 5.94. The first kappa shape index (κ1) is 16.0. The lowest BCUT2D eigenvalue weighted by Crippen LogP contribution is -2.43. The highest BCUT2D eigenvalue weighted by Gasteiger charge is 2.39. The van der Waals surface area contributed by atoms with E-state index in [1.54, 1.807) is 13.8 Å². The normalized spacial score (nSPS) is 12.4. The molecule has 0 radical (unpaired) electrons. The minimum atomic E-state index is -4.84. The van der Waals surface area contributed by atoms with Gasteiger partial charge in [0.25, 0.3) is 0 Å². The van der Waals surface area contributed by atoms with Crippen LogP contribution < -0.4 is 5.32 Å². The molecule has 0 fully saturated rings. The first-order valence-electron chi connectivity index (χ1n) is 5.66. The molecule has 1 aromatic rings. The summed E-state index contributed by atoms with van der Waals surface area (Å²) < 4.78 is 37.3. The van der Waals surface area contributed by atoms with Crippen molar-refractivity contribution in [3.05, 3.63) is 33.8 Å². The van der Waals surface area contributed by atoms with E-state index in [4.69, 9.17) is 0 Å². The maximum atomic E-state index is 12.1. The zero-order valence-electron chi connectivity index (χ0n) is 10.9. The van der Waals surface area contributed by atoms with E-state index in [1.165, 1.54) is 0 Å². The molecular formula is C13H15BrF3NO. The third kappa shape index (κ3) is 4.23. The van der Waals surface area contributed by atoms with Crippen molar-refractivity contribution in [1.29, 1.82) is 0 Å². The highest BCUT2D eigenvalue weighted by molar-refractivity contribution is 9.10. The number of carbonyl (C=O) groups excluding carboxylic acids is 1. The number of alkyl halides is 3. The minimum absolute atomic E-state index is 0.0756. The third-order valence-electron chi connectivity index (χ3n) is 2.87. The number of hydrogen-bond donors (Lipinski definition) is 1. The maximum absolute atomic E-state index is 12.1. The van der Waals surface area contributed by atoms with Crippen LogP contribution in [0, 0.1) is 6.92 Å². The lowest BCUT2D eigenvalue weighted by molar-refractivity contribution is -0.173. The molecule has 0 bridgehead atoms. The molecule has 1 amide bonds. The molecule has 19 heavy (non-hydrogen) atoms. The van der Waals surface area contributed by atoms with Gasteiger partial charge in [0.05, 0.1) is 0 Å². The minimum Gasteiger partial charge on any atom is -0.347 e. The molecule has 0 atom stereocenters. The summed E-state index contributed by atoms with van der Waals surface area (Å²) in [7, 11) is 0. The molecule has 106 valence electrons. The number of carbonyl (C=O) groups is 1. The topological polar surface area (TPSA) is 29.1 Å². The lowest BCUT2D eigenvalue weighted by Gasteiger charge is -2.27. The Kier molecular flexibility index (Phi) is 4.66. The fourth-order valence-corrected chi connectivity index (χ4v) is 2.36. The average Bonchev–Trinajstić information content (AvgIpc) is 2.24. The van der Waals surface area contributed by atoms with Gasteiger partial charge in [-0.3, -0.25) is 4.79 Å². The Morgan fingerprint density at radius 2 is 1.89 bits per heavy atom. The van der Waals surface area contributed by atoms with Crippen LogP contribution in [0.25, 0.3) is 0 Å². The first-order valence-corrected chi connectivity index (χ1v) is 6.45. The van der Waals surface area contributed by atoms with Crippen LogP contribution in [-0.4, -0.2) is 18.6 Å². The maximum Gasteiger partial charge on any atom is 0.471 e. The van der Waals surface area contributed by atoms with E-state index in [9.17, 15) is 18.0 Å². The van der Waals surface area contributed by atoms with Crippen molar-refractivity contribution in [2.75, 3.05) is 6.54 Å². The van der Waals surface area contributed by atoms with Crippen LogP contribution in [0.15, 0.2) is 22.7 Å². The van der Waals surface area contributed by atoms with Crippen LogP contribution in [0.4, 0.5) is 13.2 Å². The van der Waals surface area contributed by atoms with Gasteiger partial charge >= 0.3 is 12.1 Å². The Balaban J connectivity index is 2.84. The number of nitrogens with one attached hydrogen (secondary N) is 1. The fraction of sp³-hybridized carbons (Fsp3) is 0.462. The third-order valence-corrected chi connectivity index (χ3v) is 3.36. The standard InChI is InChI=1S/C13H15BrF3NO/c1-8-6-9(14)4-5-10(8)12(2,3)7-18-11(19)13(15,16)17/h4-6H,7H2,1-3H3,(H,18,19). The molecule has 1 rings (SSSR count). The molecule has 0 saturated heterocycles. The van der Waals surface area contributed by atoms with Crippen LogP contribution >= 0.6 is 15.9 Å². The Bertz CT molecular complexity index is 483. The number of amides is 1. The number of aryl methyl sites for hydroxylation is 1. The predicted molar refractivity (Wildman–Crippen MR) is 71.0 cm³/mol. The van der Waals surface area contributed by atoms with Gasteiger partial charge in [0.15, 0.2) is 0 Å². The van der Waals surface area contributed by atoms with Crippen molar-refractivity contribution in [2.45, 2.75) is 32.4 Å². The van der Waals surface area contributed by atoms with Crippen LogP contribution in [0.5, 0.6) is 0 Å². The zero-order chi connectivity index (χ0) is 14.8. The Hall–Kier alpha value is -1.04.